The number of hydrogen-bond donors (Lipinski definition) is 5. The molecule has 6 aliphatic rings. The van der Waals surface area contributed by atoms with Crippen molar-refractivity contribution in [3.8, 4) is 24.7 Å². The maximum atomic E-state index is 12.6. The zero-order chi connectivity index (χ0) is 75.8. The van der Waals surface area contributed by atoms with Crippen molar-refractivity contribution < 1.29 is 119 Å². The van der Waals surface area contributed by atoms with Gasteiger partial charge in [-0.25, -0.2) is 37.2 Å². The second kappa shape index (κ2) is 41.1. The molecular weight excluding hydrogens is 1780 g/mol. The molecule has 0 bridgehead atoms. The molecule has 7 atom stereocenters. The first kappa shape index (κ1) is 89.7. The summed E-state index contributed by atoms with van der Waals surface area (Å²) < 4.78 is 61.7. The van der Waals surface area contributed by atoms with Crippen LogP contribution in [0.25, 0.3) is 0 Å². The number of halogens is 4. The Balaban J connectivity index is 0.000000446. The van der Waals surface area contributed by atoms with Crippen LogP contribution in [0.15, 0.2) is 62.7 Å². The Morgan fingerprint density at radius 1 is 0.646 bits per heavy atom. The predicted octanol–water partition coefficient (Wildman–Crippen LogP) is 6.85. The van der Waals surface area contributed by atoms with E-state index in [4.69, 9.17) is 60.1 Å². The summed E-state index contributed by atoms with van der Waals surface area (Å²) in [7, 11) is 1.54. The normalized spacial score (nSPS) is 20.1. The molecule has 99 heavy (non-hydrogen) atoms. The number of carboxylic acid groups (broad SMARTS) is 1. The van der Waals surface area contributed by atoms with E-state index in [2.05, 4.69) is 88.2 Å². The number of nitrogens with one attached hydrogen (secondary N) is 3. The fraction of sp³-hybridized carbons (Fsp3) is 0.533. The molecule has 0 aromatic heterocycles. The Morgan fingerprint density at radius 2 is 1.03 bits per heavy atom. The number of aliphatic carboxylic acids is 1. The standard InChI is InChI=1S/C18H22N2O7S.C17H24N2O7S.C15H20N2O7S.C7H7ClO2S.C3H4O.3HI.V/c1-6-7-25-16(23)13-11(8-26-10(2)21)9-28-15-12(14(22)20(13)15)19-17(24)27-18(3,4)5;1-6-24-15(22)12-10(7-25-9(2)20)8-27-14-11(13(21)19(12)14)18-16(23)26-17(3,4)5;1-7(18)23-5-8-6-25-12-9(16-14(22)24-15(2,3)4)11(19)17(12)10(8)13(20)21;1-6-2-4-7(5-3-6)11(8,9)10;1-2-3-4;;;;/h1,12,15H,7-9H2,2-5H3,(H,19,24);8,11-12,14H,6-7H2,1-5H3,(H,18,23);9,12H,5-6H2,1-4H3,(H,16,22)(H,20,21);2-5H,1H3;1,4H,3H2;3*1H;/q;;;;;;;;+3/p-3/t12-,15-;11-,12?,14-;9-,12-;;;;;;/m111....../s1. The third-order valence-corrected chi connectivity index (χ3v) is 17.4. The summed E-state index contributed by atoms with van der Waals surface area (Å²) in [6, 6.07) is 2.88. The zero-order valence-corrected chi connectivity index (χ0v) is 67.9. The van der Waals surface area contributed by atoms with Gasteiger partial charge in [-0.3, -0.25) is 38.6 Å². The Bertz CT molecular complexity index is 3470. The van der Waals surface area contributed by atoms with Crippen LogP contribution in [0.3, 0.4) is 0 Å². The van der Waals surface area contributed by atoms with Crippen molar-refractivity contribution in [1.29, 1.82) is 0 Å². The van der Waals surface area contributed by atoms with Crippen molar-refractivity contribution in [1.82, 2.24) is 30.7 Å². The number of carboxylic acids is 1. The molecule has 3 saturated heterocycles. The number of β-lactam (4-membered cyclic amide) rings is 3. The number of hydrogen-bond acceptors (Lipinski definition) is 26. The molecule has 5 N–H and O–H groups in total. The number of aliphatic hydroxyl groups excluding tert-OH is 1. The quantitative estimate of drug-likeness (QED) is 0.0299. The van der Waals surface area contributed by atoms with E-state index >= 15 is 0 Å². The molecule has 0 saturated carbocycles. The van der Waals surface area contributed by atoms with Gasteiger partial charge in [0, 0.05) is 59.7 Å². The number of terminal acetylenes is 2. The first-order valence-corrected chi connectivity index (χ1v) is 47.8. The van der Waals surface area contributed by atoms with Gasteiger partial charge in [0.2, 0.25) is 5.91 Å². The van der Waals surface area contributed by atoms with Gasteiger partial charge in [0.15, 0.2) is 12.6 Å². The maximum absolute atomic E-state index is 12.6. The van der Waals surface area contributed by atoms with Gasteiger partial charge < -0.3 is 69.0 Å². The molecule has 6 heterocycles. The van der Waals surface area contributed by atoms with Gasteiger partial charge in [0.25, 0.3) is 20.9 Å². The van der Waals surface area contributed by atoms with Gasteiger partial charge in [0.1, 0.15) is 88.9 Å². The van der Waals surface area contributed by atoms with Crippen LogP contribution in [0.1, 0.15) is 95.6 Å². The van der Waals surface area contributed by atoms with Crippen molar-refractivity contribution in [2.75, 3.05) is 51.1 Å². The van der Waals surface area contributed by atoms with Gasteiger partial charge in [-0.1, -0.05) is 29.5 Å². The van der Waals surface area contributed by atoms with Crippen LogP contribution in [0, 0.1) is 31.6 Å². The van der Waals surface area contributed by atoms with E-state index in [-0.39, 0.29) is 66.6 Å². The number of ether oxygens (including phenoxy) is 8. The van der Waals surface area contributed by atoms with E-state index in [1.165, 1.54) is 78.0 Å². The molecule has 3 fully saturated rings. The van der Waals surface area contributed by atoms with Gasteiger partial charge >= 0.3 is 119 Å². The number of esters is 5. The third kappa shape index (κ3) is 29.9. The number of fused-ring (bicyclic) bond motifs is 3. The summed E-state index contributed by atoms with van der Waals surface area (Å²) in [6.07, 6.45) is 7.47. The van der Waals surface area contributed by atoms with Crippen LogP contribution < -0.4 is 16.0 Å². The van der Waals surface area contributed by atoms with Gasteiger partial charge in [0.05, 0.1) is 11.5 Å². The Hall–Kier alpha value is -5.38. The minimum atomic E-state index is -3.55. The Morgan fingerprint density at radius 3 is 1.38 bits per heavy atom. The average molecular weight is 1860 g/mol. The Labute approximate surface area is 628 Å². The molecule has 6 amide bonds. The van der Waals surface area contributed by atoms with E-state index < -0.39 is 138 Å². The molecule has 30 nitrogen and oxygen atoms in total. The summed E-state index contributed by atoms with van der Waals surface area (Å²) in [4.78, 5) is 146. The van der Waals surface area contributed by atoms with E-state index in [1.54, 1.807) is 86.8 Å². The summed E-state index contributed by atoms with van der Waals surface area (Å²) in [5.41, 5.74) is -0.0822. The van der Waals surface area contributed by atoms with Crippen molar-refractivity contribution in [2.24, 2.45) is 0 Å². The fourth-order valence-electron chi connectivity index (χ4n) is 8.36. The monoisotopic (exact) mass is 1860 g/mol. The van der Waals surface area contributed by atoms with Crippen LogP contribution in [0.2, 0.25) is 0 Å². The van der Waals surface area contributed by atoms with E-state index in [0.29, 0.717) is 22.5 Å². The number of carbonyl (C=O) groups is 12. The molecule has 548 valence electrons. The van der Waals surface area contributed by atoms with Gasteiger partial charge in [-0.05, 0) is 93.7 Å². The molecule has 0 spiro atoms. The van der Waals surface area contributed by atoms with E-state index in [1.807, 2.05) is 12.8 Å². The number of nitrogens with zero attached hydrogens (tertiary/aromatic N) is 3. The Kier molecular flexibility index (Phi) is 37.2. The van der Waals surface area contributed by atoms with Crippen LogP contribution >= 0.6 is 106 Å². The average Bonchev–Trinajstić information content (AvgIpc) is 0.749. The number of amides is 6. The summed E-state index contributed by atoms with van der Waals surface area (Å²) in [5, 5.41) is 24.8. The number of alkyl carbamates (subject to hydrolysis) is 3. The summed E-state index contributed by atoms with van der Waals surface area (Å²) in [5.74, 6) is -0.923. The van der Waals surface area contributed by atoms with Crippen LogP contribution in [-0.4, -0.2) is 213 Å². The topological polar surface area (TPSA) is 399 Å². The van der Waals surface area contributed by atoms with Crippen molar-refractivity contribution in [3.63, 3.8) is 0 Å². The SMILES string of the molecule is C#CCO.C#CCOC(=O)C1=C(COC(C)=O)CS[C@@H]2[C@H](NC(=O)OC(C)(C)C)C(=O)N12.CC(=O)OCC1=C(C(=O)O)N2C(=O)[C@@H](NC(=O)OC(C)(C)C)[C@H]2SC1.CCOC(=O)C1C(COC(C)=O)=CS[C@@H]2[C@H](NC(=O)OC(C)(C)C)C(=O)N12.Cc1ccc(S(=O)(=O)Cl)cc1.[I][V]([I])[I]. The first-order valence-electron chi connectivity index (χ1n) is 29.0. The van der Waals surface area contributed by atoms with Crippen LogP contribution in [0.4, 0.5) is 14.4 Å². The minimum absolute atomic E-state index is 0.00695. The predicted molar refractivity (Wildman–Crippen MR) is 386 cm³/mol. The number of aliphatic hydroxyl groups is 1. The molecule has 1 unspecified atom stereocenters. The molecule has 1 aromatic carbocycles. The molecule has 0 aliphatic carbocycles. The number of carbonyl (C=O) groups excluding carboxylic acids is 11. The van der Waals surface area contributed by atoms with Crippen molar-refractivity contribution in [2.45, 2.75) is 159 Å². The second-order valence-corrected chi connectivity index (χ2v) is 64.6. The fourth-order valence-corrected chi connectivity index (χ4v) is 13.0. The number of thioether (sulfide) groups is 3. The number of rotatable bonds is 15. The zero-order valence-electron chi connectivity index (χ0n) is 56.0. The number of aryl methyl sites for hydroxylation is 1. The molecular formula is C60H77ClI3N6O24S4V. The second-order valence-electron chi connectivity index (χ2n) is 23.4. The van der Waals surface area contributed by atoms with Crippen LogP contribution in [0.5, 0.6) is 0 Å². The van der Waals surface area contributed by atoms with Crippen molar-refractivity contribution >= 4 is 187 Å². The van der Waals surface area contributed by atoms with E-state index in [9.17, 15) is 71.1 Å². The van der Waals surface area contributed by atoms with Crippen LogP contribution in [-0.2, 0) is 95.0 Å². The van der Waals surface area contributed by atoms with Crippen molar-refractivity contribution in [3.05, 3.63) is 63.4 Å². The molecule has 39 heteroatoms. The molecule has 7 rings (SSSR count). The molecule has 6 aliphatic heterocycles. The summed E-state index contributed by atoms with van der Waals surface area (Å²) in [6.45, 7) is 21.9. The van der Waals surface area contributed by atoms with Gasteiger partial charge in [-0.2, -0.15) is 0 Å². The summed E-state index contributed by atoms with van der Waals surface area (Å²) >= 11 is 11.3. The van der Waals surface area contributed by atoms with Gasteiger partial charge in [-0.15, -0.1) is 48.1 Å². The molecule has 0 radical (unpaired) electrons. The van der Waals surface area contributed by atoms with E-state index in [0.717, 1.165) is 10.5 Å². The third-order valence-electron chi connectivity index (χ3n) is 12.1. The first-order chi connectivity index (χ1) is 45.7. The number of benzene rings is 1. The molecule has 1 aromatic rings.